The van der Waals surface area contributed by atoms with Crippen LogP contribution in [0.2, 0.25) is 0 Å². The van der Waals surface area contributed by atoms with Crippen LogP contribution in [-0.4, -0.2) is 6.71 Å². The molecular weight excluding hydrogens is 984 g/mol. The zero-order valence-corrected chi connectivity index (χ0v) is 55.1. The summed E-state index contributed by atoms with van der Waals surface area (Å²) >= 11 is 2.08. The summed E-state index contributed by atoms with van der Waals surface area (Å²) in [7, 11) is 0. The third-order valence-corrected chi connectivity index (χ3v) is 21.3. The van der Waals surface area contributed by atoms with E-state index >= 15 is 0 Å². The number of rotatable bonds is 3. The minimum atomic E-state index is -0.159. The van der Waals surface area contributed by atoms with Crippen molar-refractivity contribution in [3.63, 3.8) is 0 Å². The molecular formula is C76H97BN2S. The van der Waals surface area contributed by atoms with Crippen LogP contribution in [0.15, 0.2) is 84.9 Å². The summed E-state index contributed by atoms with van der Waals surface area (Å²) in [5, 5.41) is 1.40. The van der Waals surface area contributed by atoms with Crippen LogP contribution in [0.4, 0.5) is 34.1 Å². The van der Waals surface area contributed by atoms with E-state index in [0.29, 0.717) is 0 Å². The van der Waals surface area contributed by atoms with E-state index in [0.717, 1.165) is 12.8 Å². The summed E-state index contributed by atoms with van der Waals surface area (Å²) in [5.41, 5.74) is 28.8. The third-order valence-electron chi connectivity index (χ3n) is 20.1. The Bertz CT molecular complexity index is 3660. The molecule has 2 aliphatic heterocycles. The number of fused-ring (bicyclic) bond motifs is 8. The van der Waals surface area contributed by atoms with Gasteiger partial charge >= 0.3 is 0 Å². The molecule has 4 heteroatoms. The van der Waals surface area contributed by atoms with Crippen molar-refractivity contribution in [2.24, 2.45) is 0 Å². The molecule has 7 aromatic rings. The molecule has 0 saturated heterocycles. The van der Waals surface area contributed by atoms with Crippen LogP contribution < -0.4 is 25.5 Å². The van der Waals surface area contributed by atoms with Crippen molar-refractivity contribution < 1.29 is 0 Å². The Morgan fingerprint density at radius 2 is 0.825 bits per heavy atom. The van der Waals surface area contributed by atoms with Crippen molar-refractivity contribution in [3.8, 4) is 11.1 Å². The largest absolute Gasteiger partial charge is 0.311 e. The zero-order valence-electron chi connectivity index (χ0n) is 54.3. The van der Waals surface area contributed by atoms with Crippen molar-refractivity contribution >= 4 is 78.0 Å². The molecule has 0 spiro atoms. The smallest absolute Gasteiger partial charge is 0.264 e. The van der Waals surface area contributed by atoms with Gasteiger partial charge in [-0.2, -0.15) is 0 Å². The molecule has 0 N–H and O–H groups in total. The second-order valence-electron chi connectivity index (χ2n) is 33.5. The first-order valence-electron chi connectivity index (χ1n) is 30.6. The normalized spacial score (nSPS) is 18.2. The molecule has 11 rings (SSSR count). The second-order valence-corrected chi connectivity index (χ2v) is 34.6. The number of hydrogen-bond acceptors (Lipinski definition) is 3. The molecule has 420 valence electrons. The Hall–Kier alpha value is -5.06. The number of hydrogen-bond donors (Lipinski definition) is 0. The zero-order chi connectivity index (χ0) is 58.5. The van der Waals surface area contributed by atoms with Crippen molar-refractivity contribution in [2.45, 2.75) is 248 Å². The molecule has 80 heavy (non-hydrogen) atoms. The average Bonchev–Trinajstić information content (AvgIpc) is 2.68. The maximum absolute atomic E-state index is 2.81. The number of thiophene rings is 1. The van der Waals surface area contributed by atoms with Gasteiger partial charge in [0.1, 0.15) is 0 Å². The monoisotopic (exact) mass is 1080 g/mol. The molecule has 3 heterocycles. The van der Waals surface area contributed by atoms with Crippen LogP contribution in [0, 0.1) is 13.8 Å². The topological polar surface area (TPSA) is 6.48 Å². The van der Waals surface area contributed by atoms with E-state index in [4.69, 9.17) is 0 Å². The number of nitrogens with zero attached hydrogens (tertiary/aromatic N) is 2. The number of benzene rings is 6. The highest BCUT2D eigenvalue weighted by atomic mass is 32.1. The number of aryl methyl sites for hydroxylation is 2. The summed E-state index contributed by atoms with van der Waals surface area (Å²) in [6.07, 6.45) is 4.68. The lowest BCUT2D eigenvalue weighted by Crippen LogP contribution is -2.61. The fourth-order valence-electron chi connectivity index (χ4n) is 14.3. The van der Waals surface area contributed by atoms with Crippen molar-refractivity contribution in [2.75, 3.05) is 9.80 Å². The van der Waals surface area contributed by atoms with E-state index in [-0.39, 0.29) is 55.4 Å². The van der Waals surface area contributed by atoms with E-state index in [1.165, 1.54) is 145 Å². The molecule has 2 nitrogen and oxygen atoms in total. The van der Waals surface area contributed by atoms with Gasteiger partial charge in [-0.05, 0) is 208 Å². The highest BCUT2D eigenvalue weighted by Crippen LogP contribution is 2.57. The average molecular weight is 1080 g/mol. The van der Waals surface area contributed by atoms with Crippen LogP contribution in [0.1, 0.15) is 246 Å². The first-order chi connectivity index (χ1) is 36.6. The second kappa shape index (κ2) is 17.7. The van der Waals surface area contributed by atoms with Crippen molar-refractivity contribution in [1.29, 1.82) is 0 Å². The minimum absolute atomic E-state index is 0.00638. The maximum Gasteiger partial charge on any atom is 0.264 e. The van der Waals surface area contributed by atoms with Crippen LogP contribution in [0.25, 0.3) is 21.2 Å². The molecule has 4 aliphatic rings. The Kier molecular flexibility index (Phi) is 12.6. The standard InChI is InChI=1S/C76H97BN2S/c1-44-32-48(69(6,7)8)33-45(2)65(44)79-62-39-51(72(15,16)17)38-61-64(62)77(67-66(79)53-41-55-57(43-63(53)80-67)76(24,25)31-29-74(55,20)21)58-37-47(68(3,4)5)26-27-59(58)78(61)60-42-56-54(73(18,19)28-30-75(56,22)23)40-52(60)46-34-49(70(9,10)11)36-50(35-46)71(12,13)14/h26-27,32-43H,28-31H2,1-25H3. The SMILES string of the molecule is Cc1cc(C(C)(C)C)cc(C)c1N1c2cc(C(C)(C)C)cc3c2B(c2cc(C(C)(C)C)ccc2N3c2cc3c(cc2-c2cc(C(C)(C)C)cc(C(C)(C)C)c2)C(C)(C)CCC3(C)C)c2sc3cc4c(cc3c21)C(C)(C)CCC4(C)C. The highest BCUT2D eigenvalue weighted by Gasteiger charge is 2.49. The number of anilines is 6. The van der Waals surface area contributed by atoms with Crippen LogP contribution in [0.5, 0.6) is 0 Å². The van der Waals surface area contributed by atoms with Gasteiger partial charge in [0.2, 0.25) is 0 Å². The lowest BCUT2D eigenvalue weighted by molar-refractivity contribution is 0.332. The molecule has 1 aromatic heterocycles. The van der Waals surface area contributed by atoms with Gasteiger partial charge in [0, 0.05) is 37.5 Å². The summed E-state index contributed by atoms with van der Waals surface area (Å²) in [5.74, 6) is 0. The van der Waals surface area contributed by atoms with Gasteiger partial charge in [-0.15, -0.1) is 11.3 Å². The van der Waals surface area contributed by atoms with Crippen molar-refractivity contribution in [1.82, 2.24) is 0 Å². The first kappa shape index (κ1) is 56.8. The van der Waals surface area contributed by atoms with E-state index < -0.39 is 0 Å². The van der Waals surface area contributed by atoms with E-state index in [2.05, 4.69) is 279 Å². The van der Waals surface area contributed by atoms with Gasteiger partial charge in [0.05, 0.1) is 17.1 Å². The Labute approximate surface area is 489 Å². The molecule has 0 amide bonds. The van der Waals surface area contributed by atoms with Crippen molar-refractivity contribution in [3.05, 3.63) is 146 Å². The van der Waals surface area contributed by atoms with Gasteiger partial charge < -0.3 is 9.80 Å². The molecule has 0 fully saturated rings. The molecule has 6 aromatic carbocycles. The lowest BCUT2D eigenvalue weighted by Gasteiger charge is -2.47. The minimum Gasteiger partial charge on any atom is -0.311 e. The van der Waals surface area contributed by atoms with Gasteiger partial charge in [-0.1, -0.05) is 202 Å². The fourth-order valence-corrected chi connectivity index (χ4v) is 15.7. The first-order valence-corrected chi connectivity index (χ1v) is 31.4. The van der Waals surface area contributed by atoms with E-state index in [9.17, 15) is 0 Å². The Morgan fingerprint density at radius 3 is 1.31 bits per heavy atom. The molecule has 0 saturated carbocycles. The quantitative estimate of drug-likeness (QED) is 0.163. The molecule has 2 aliphatic carbocycles. The molecule has 0 atom stereocenters. The fraction of sp³-hybridized carbons (Fsp3) is 0.500. The predicted octanol–water partition coefficient (Wildman–Crippen LogP) is 20.5. The molecule has 0 bridgehead atoms. The van der Waals surface area contributed by atoms with E-state index in [1.54, 1.807) is 0 Å². The highest BCUT2D eigenvalue weighted by molar-refractivity contribution is 7.33. The van der Waals surface area contributed by atoms with Gasteiger partial charge in [0.15, 0.2) is 0 Å². The summed E-state index contributed by atoms with van der Waals surface area (Å²) in [6.45, 7) is 60.7. The van der Waals surface area contributed by atoms with Gasteiger partial charge in [0.25, 0.3) is 6.71 Å². The van der Waals surface area contributed by atoms with Gasteiger partial charge in [-0.25, -0.2) is 0 Å². The Morgan fingerprint density at radius 1 is 0.400 bits per heavy atom. The molecule has 0 unspecified atom stereocenters. The van der Waals surface area contributed by atoms with E-state index in [1.807, 2.05) is 0 Å². The van der Waals surface area contributed by atoms with Crippen LogP contribution in [0.3, 0.4) is 0 Å². The third kappa shape index (κ3) is 9.08. The Balaban J connectivity index is 1.35. The maximum atomic E-state index is 2.81. The summed E-state index contributed by atoms with van der Waals surface area (Å²) < 4.78 is 2.87. The van der Waals surface area contributed by atoms with Crippen LogP contribution >= 0.6 is 11.3 Å². The molecule has 0 radical (unpaired) electrons. The summed E-state index contributed by atoms with van der Waals surface area (Å²) in [4.78, 5) is 5.60. The lowest BCUT2D eigenvalue weighted by atomic mass is 9.36. The van der Waals surface area contributed by atoms with Gasteiger partial charge in [-0.3, -0.25) is 0 Å². The summed E-state index contributed by atoms with van der Waals surface area (Å²) in [6, 6.07) is 36.3. The van der Waals surface area contributed by atoms with Crippen LogP contribution in [-0.2, 0) is 48.7 Å². The predicted molar refractivity (Wildman–Crippen MR) is 355 cm³/mol.